The number of ether oxygens (including phenoxy) is 1. The lowest BCUT2D eigenvalue weighted by Gasteiger charge is -2.06. The number of nitrogens with zero attached hydrogens (tertiary/aromatic N) is 2. The van der Waals surface area contributed by atoms with Crippen LogP contribution in [0.15, 0.2) is 29.6 Å². The van der Waals surface area contributed by atoms with Crippen LogP contribution in [0.4, 0.5) is 10.3 Å². The molecule has 3 N–H and O–H groups in total. The standard InChI is InChI=1S/C15H13ClN4O2S2/c1-8-13(10-7-23-14(17)19-10)24-15(18-8)20-12(21)6-22-11-5-3-2-4-9(11)16/h2-5,7H,6H2,1H3,(H2,17,19)(H,18,20,21). The van der Waals surface area contributed by atoms with Crippen LogP contribution in [0.5, 0.6) is 5.75 Å². The van der Waals surface area contributed by atoms with Gasteiger partial charge in [-0.3, -0.25) is 10.1 Å². The Bertz CT molecular complexity index is 878. The number of benzene rings is 1. The van der Waals surface area contributed by atoms with E-state index in [1.165, 1.54) is 22.7 Å². The van der Waals surface area contributed by atoms with Gasteiger partial charge < -0.3 is 10.5 Å². The molecular formula is C15H13ClN4O2S2. The molecular weight excluding hydrogens is 368 g/mol. The Balaban J connectivity index is 1.64. The van der Waals surface area contributed by atoms with Gasteiger partial charge in [-0.1, -0.05) is 35.1 Å². The molecule has 0 fully saturated rings. The topological polar surface area (TPSA) is 90.1 Å². The highest BCUT2D eigenvalue weighted by atomic mass is 35.5. The molecule has 2 aromatic heterocycles. The van der Waals surface area contributed by atoms with Gasteiger partial charge in [0.05, 0.1) is 21.3 Å². The number of thiazole rings is 2. The molecule has 24 heavy (non-hydrogen) atoms. The van der Waals surface area contributed by atoms with Crippen LogP contribution in [0.1, 0.15) is 5.69 Å². The summed E-state index contributed by atoms with van der Waals surface area (Å²) in [6.45, 7) is 1.71. The number of hydrogen-bond acceptors (Lipinski definition) is 7. The van der Waals surface area contributed by atoms with Gasteiger partial charge in [0.25, 0.3) is 5.91 Å². The minimum Gasteiger partial charge on any atom is -0.482 e. The summed E-state index contributed by atoms with van der Waals surface area (Å²) in [6.07, 6.45) is 0. The lowest BCUT2D eigenvalue weighted by Crippen LogP contribution is -2.20. The average molecular weight is 381 g/mol. The van der Waals surface area contributed by atoms with Crippen molar-refractivity contribution in [1.82, 2.24) is 9.97 Å². The lowest BCUT2D eigenvalue weighted by atomic mass is 10.3. The van der Waals surface area contributed by atoms with Crippen LogP contribution in [0.2, 0.25) is 5.02 Å². The Labute approximate surface area is 151 Å². The molecule has 124 valence electrons. The van der Waals surface area contributed by atoms with Gasteiger partial charge in [-0.2, -0.15) is 0 Å². The zero-order chi connectivity index (χ0) is 17.1. The summed E-state index contributed by atoms with van der Waals surface area (Å²) in [7, 11) is 0. The van der Waals surface area contributed by atoms with Crippen molar-refractivity contribution < 1.29 is 9.53 Å². The summed E-state index contributed by atoms with van der Waals surface area (Å²) in [5.41, 5.74) is 7.20. The first-order valence-electron chi connectivity index (χ1n) is 6.89. The molecule has 0 aliphatic heterocycles. The molecule has 0 atom stereocenters. The molecule has 0 saturated heterocycles. The first-order chi connectivity index (χ1) is 11.5. The number of rotatable bonds is 5. The first-order valence-corrected chi connectivity index (χ1v) is 8.96. The van der Waals surface area contributed by atoms with Crippen molar-refractivity contribution in [2.75, 3.05) is 17.7 Å². The van der Waals surface area contributed by atoms with Gasteiger partial charge >= 0.3 is 0 Å². The van der Waals surface area contributed by atoms with Gasteiger partial charge in [-0.15, -0.1) is 11.3 Å². The van der Waals surface area contributed by atoms with Crippen LogP contribution in [0, 0.1) is 6.92 Å². The second kappa shape index (κ2) is 7.16. The van der Waals surface area contributed by atoms with Crippen molar-refractivity contribution in [3.05, 3.63) is 40.4 Å². The summed E-state index contributed by atoms with van der Waals surface area (Å²) >= 11 is 8.69. The summed E-state index contributed by atoms with van der Waals surface area (Å²) in [5, 5.41) is 6.02. The van der Waals surface area contributed by atoms with E-state index in [1.807, 2.05) is 12.3 Å². The van der Waals surface area contributed by atoms with Gasteiger partial charge in [-0.25, -0.2) is 9.97 Å². The molecule has 0 spiro atoms. The number of halogens is 1. The van der Waals surface area contributed by atoms with E-state index in [0.717, 1.165) is 16.3 Å². The van der Waals surface area contributed by atoms with Gasteiger partial charge in [0.1, 0.15) is 5.75 Å². The number of hydrogen-bond donors (Lipinski definition) is 2. The second-order valence-corrected chi connectivity index (χ2v) is 7.07. The Hall–Kier alpha value is -2.16. The van der Waals surface area contributed by atoms with Gasteiger partial charge in [0.15, 0.2) is 16.9 Å². The number of carbonyl (C=O) groups excluding carboxylic acids is 1. The van der Waals surface area contributed by atoms with Crippen LogP contribution in [-0.2, 0) is 4.79 Å². The van der Waals surface area contributed by atoms with Crippen LogP contribution in [-0.4, -0.2) is 22.5 Å². The number of nitrogens with one attached hydrogen (secondary N) is 1. The van der Waals surface area contributed by atoms with E-state index in [9.17, 15) is 4.79 Å². The molecule has 0 radical (unpaired) electrons. The molecule has 0 aliphatic carbocycles. The zero-order valence-corrected chi connectivity index (χ0v) is 15.0. The predicted molar refractivity (Wildman–Crippen MR) is 97.9 cm³/mol. The molecule has 6 nitrogen and oxygen atoms in total. The van der Waals surface area contributed by atoms with E-state index in [0.29, 0.717) is 21.0 Å². The predicted octanol–water partition coefficient (Wildman–Crippen LogP) is 3.83. The zero-order valence-electron chi connectivity index (χ0n) is 12.6. The number of carbonyl (C=O) groups is 1. The van der Waals surface area contributed by atoms with Crippen LogP contribution in [0.3, 0.4) is 0 Å². The Kier molecular flexibility index (Phi) is 4.98. The molecule has 1 amide bonds. The van der Waals surface area contributed by atoms with E-state index < -0.39 is 0 Å². The monoisotopic (exact) mass is 380 g/mol. The molecule has 1 aromatic carbocycles. The quantitative estimate of drug-likeness (QED) is 0.702. The van der Waals surface area contributed by atoms with Gasteiger partial charge in [-0.05, 0) is 19.1 Å². The fraction of sp³-hybridized carbons (Fsp3) is 0.133. The third kappa shape index (κ3) is 3.84. The van der Waals surface area contributed by atoms with Crippen molar-refractivity contribution in [1.29, 1.82) is 0 Å². The van der Waals surface area contributed by atoms with Crippen LogP contribution in [0.25, 0.3) is 10.6 Å². The highest BCUT2D eigenvalue weighted by Gasteiger charge is 2.14. The molecule has 0 aliphatic rings. The molecule has 3 aromatic rings. The normalized spacial score (nSPS) is 10.6. The van der Waals surface area contributed by atoms with Crippen LogP contribution < -0.4 is 15.8 Å². The van der Waals surface area contributed by atoms with Crippen molar-refractivity contribution in [2.24, 2.45) is 0 Å². The maximum atomic E-state index is 12.0. The van der Waals surface area contributed by atoms with Crippen molar-refractivity contribution in [3.63, 3.8) is 0 Å². The van der Waals surface area contributed by atoms with Crippen molar-refractivity contribution in [3.8, 4) is 16.3 Å². The highest BCUT2D eigenvalue weighted by Crippen LogP contribution is 2.33. The summed E-state index contributed by atoms with van der Waals surface area (Å²) in [5.74, 6) is 0.149. The Morgan fingerprint density at radius 2 is 2.17 bits per heavy atom. The molecule has 9 heteroatoms. The van der Waals surface area contributed by atoms with E-state index >= 15 is 0 Å². The molecule has 0 unspecified atom stereocenters. The van der Waals surface area contributed by atoms with E-state index in [2.05, 4.69) is 15.3 Å². The summed E-state index contributed by atoms with van der Waals surface area (Å²) in [4.78, 5) is 21.5. The number of amides is 1. The molecule has 0 saturated carbocycles. The summed E-state index contributed by atoms with van der Waals surface area (Å²) in [6, 6.07) is 6.98. The fourth-order valence-electron chi connectivity index (χ4n) is 1.94. The first kappa shape index (κ1) is 16.7. The third-order valence-corrected chi connectivity index (χ3v) is 5.07. The Morgan fingerprint density at radius 1 is 1.38 bits per heavy atom. The second-order valence-electron chi connectivity index (χ2n) is 4.77. The minimum atomic E-state index is -0.312. The highest BCUT2D eigenvalue weighted by molar-refractivity contribution is 7.19. The van der Waals surface area contributed by atoms with E-state index in [4.69, 9.17) is 22.1 Å². The number of aryl methyl sites for hydroxylation is 1. The van der Waals surface area contributed by atoms with Crippen molar-refractivity contribution >= 4 is 50.4 Å². The maximum Gasteiger partial charge on any atom is 0.264 e. The molecule has 2 heterocycles. The largest absolute Gasteiger partial charge is 0.482 e. The SMILES string of the molecule is Cc1nc(NC(=O)COc2ccccc2Cl)sc1-c1csc(N)n1. The lowest BCUT2D eigenvalue weighted by molar-refractivity contribution is -0.118. The van der Waals surface area contributed by atoms with Crippen LogP contribution >= 0.6 is 34.3 Å². The molecule has 0 bridgehead atoms. The Morgan fingerprint density at radius 3 is 2.88 bits per heavy atom. The van der Waals surface area contributed by atoms with E-state index in [1.54, 1.807) is 24.3 Å². The summed E-state index contributed by atoms with van der Waals surface area (Å²) < 4.78 is 5.40. The maximum absolute atomic E-state index is 12.0. The fourth-order valence-corrected chi connectivity index (χ4v) is 3.70. The van der Waals surface area contributed by atoms with Gasteiger partial charge in [0, 0.05) is 5.38 Å². The minimum absolute atomic E-state index is 0.151. The number of nitrogens with two attached hydrogens (primary N) is 1. The number of nitrogen functional groups attached to an aromatic ring is 1. The van der Waals surface area contributed by atoms with Gasteiger partial charge in [0.2, 0.25) is 0 Å². The number of aromatic nitrogens is 2. The average Bonchev–Trinajstić information content (AvgIpc) is 3.12. The smallest absolute Gasteiger partial charge is 0.264 e. The molecule has 3 rings (SSSR count). The number of para-hydroxylation sites is 1. The van der Waals surface area contributed by atoms with Crippen molar-refractivity contribution in [2.45, 2.75) is 6.92 Å². The van der Waals surface area contributed by atoms with E-state index in [-0.39, 0.29) is 12.5 Å². The number of anilines is 2. The third-order valence-electron chi connectivity index (χ3n) is 2.99.